The van der Waals surface area contributed by atoms with E-state index in [1.807, 2.05) is 0 Å². The minimum Gasteiger partial charge on any atom is -0.481 e. The van der Waals surface area contributed by atoms with Crippen molar-refractivity contribution in [1.29, 1.82) is 0 Å². The number of anilines is 1. The minimum absolute atomic E-state index is 0.175. The van der Waals surface area contributed by atoms with Crippen molar-refractivity contribution < 1.29 is 19.5 Å². The SMILES string of the molecule is CC(=O)Nc1ccc(C(=O)N2CC(C(=O)O)C2)cc1. The molecule has 0 atom stereocenters. The van der Waals surface area contributed by atoms with E-state index in [9.17, 15) is 14.4 Å². The molecule has 19 heavy (non-hydrogen) atoms. The van der Waals surface area contributed by atoms with Crippen molar-refractivity contribution in [2.75, 3.05) is 18.4 Å². The van der Waals surface area contributed by atoms with Crippen LogP contribution in [0.3, 0.4) is 0 Å². The van der Waals surface area contributed by atoms with Crippen LogP contribution < -0.4 is 5.32 Å². The van der Waals surface area contributed by atoms with E-state index < -0.39 is 11.9 Å². The molecule has 0 spiro atoms. The van der Waals surface area contributed by atoms with E-state index in [0.717, 1.165) is 0 Å². The molecule has 0 aromatic heterocycles. The Hall–Kier alpha value is -2.37. The number of carboxylic acid groups (broad SMARTS) is 1. The zero-order valence-corrected chi connectivity index (χ0v) is 10.4. The van der Waals surface area contributed by atoms with E-state index in [1.165, 1.54) is 11.8 Å². The summed E-state index contributed by atoms with van der Waals surface area (Å²) < 4.78 is 0. The maximum absolute atomic E-state index is 12.0. The lowest BCUT2D eigenvalue weighted by Crippen LogP contribution is -2.53. The maximum atomic E-state index is 12.0. The highest BCUT2D eigenvalue weighted by molar-refractivity contribution is 5.96. The molecule has 2 N–H and O–H groups in total. The van der Waals surface area contributed by atoms with Crippen LogP contribution in [0.1, 0.15) is 17.3 Å². The summed E-state index contributed by atoms with van der Waals surface area (Å²) in [4.78, 5) is 35.0. The Balaban J connectivity index is 1.97. The number of rotatable bonds is 3. The Bertz CT molecular complexity index is 518. The summed E-state index contributed by atoms with van der Waals surface area (Å²) in [5.41, 5.74) is 1.11. The molecule has 1 aromatic rings. The maximum Gasteiger partial charge on any atom is 0.310 e. The summed E-state index contributed by atoms with van der Waals surface area (Å²) in [7, 11) is 0. The molecule has 1 saturated heterocycles. The standard InChI is InChI=1S/C13H14N2O4/c1-8(16)14-11-4-2-9(3-5-11)12(17)15-6-10(7-15)13(18)19/h2-5,10H,6-7H2,1H3,(H,14,16)(H,18,19). The Morgan fingerprint density at radius 3 is 2.26 bits per heavy atom. The lowest BCUT2D eigenvalue weighted by molar-refractivity contribution is -0.146. The second kappa shape index (κ2) is 5.09. The molecular weight excluding hydrogens is 248 g/mol. The van der Waals surface area contributed by atoms with Gasteiger partial charge in [0, 0.05) is 31.3 Å². The van der Waals surface area contributed by atoms with Gasteiger partial charge in [-0.2, -0.15) is 0 Å². The van der Waals surface area contributed by atoms with Crippen LogP contribution in [0.25, 0.3) is 0 Å². The Kier molecular flexibility index (Phi) is 3.50. The predicted molar refractivity (Wildman–Crippen MR) is 67.8 cm³/mol. The van der Waals surface area contributed by atoms with Gasteiger partial charge in [0.1, 0.15) is 0 Å². The molecule has 100 valence electrons. The molecule has 1 heterocycles. The molecule has 1 aliphatic rings. The van der Waals surface area contributed by atoms with Gasteiger partial charge in [0.2, 0.25) is 5.91 Å². The highest BCUT2D eigenvalue weighted by atomic mass is 16.4. The molecule has 0 bridgehead atoms. The zero-order valence-electron chi connectivity index (χ0n) is 10.4. The van der Waals surface area contributed by atoms with Crippen LogP contribution in [0.15, 0.2) is 24.3 Å². The highest BCUT2D eigenvalue weighted by Crippen LogP contribution is 2.19. The van der Waals surface area contributed by atoms with Crippen molar-refractivity contribution in [1.82, 2.24) is 4.90 Å². The number of carboxylic acids is 1. The number of aliphatic carboxylic acids is 1. The van der Waals surface area contributed by atoms with Crippen molar-refractivity contribution >= 4 is 23.5 Å². The van der Waals surface area contributed by atoms with Gasteiger partial charge in [0.05, 0.1) is 5.92 Å². The molecule has 1 fully saturated rings. The molecule has 0 aliphatic carbocycles. The van der Waals surface area contributed by atoms with Gasteiger partial charge in [-0.15, -0.1) is 0 Å². The molecule has 0 radical (unpaired) electrons. The third-order valence-electron chi connectivity index (χ3n) is 2.97. The van der Waals surface area contributed by atoms with Gasteiger partial charge in [0.15, 0.2) is 0 Å². The van der Waals surface area contributed by atoms with Crippen molar-refractivity contribution in [3.8, 4) is 0 Å². The summed E-state index contributed by atoms with van der Waals surface area (Å²) >= 11 is 0. The number of hydrogen-bond acceptors (Lipinski definition) is 3. The van der Waals surface area contributed by atoms with Crippen molar-refractivity contribution in [2.24, 2.45) is 5.92 Å². The lowest BCUT2D eigenvalue weighted by atomic mass is 9.99. The molecule has 1 aromatic carbocycles. The molecule has 2 amide bonds. The molecule has 6 heteroatoms. The summed E-state index contributed by atoms with van der Waals surface area (Å²) in [6.07, 6.45) is 0. The fraction of sp³-hybridized carbons (Fsp3) is 0.308. The van der Waals surface area contributed by atoms with Crippen LogP contribution in [0.2, 0.25) is 0 Å². The van der Waals surface area contributed by atoms with Gasteiger partial charge in [-0.1, -0.05) is 0 Å². The summed E-state index contributed by atoms with van der Waals surface area (Å²) in [5.74, 6) is -1.69. The van der Waals surface area contributed by atoms with Gasteiger partial charge in [-0.3, -0.25) is 14.4 Å². The van der Waals surface area contributed by atoms with Gasteiger partial charge >= 0.3 is 5.97 Å². The van der Waals surface area contributed by atoms with Gasteiger partial charge in [-0.05, 0) is 24.3 Å². The Morgan fingerprint density at radius 1 is 1.21 bits per heavy atom. The lowest BCUT2D eigenvalue weighted by Gasteiger charge is -2.36. The number of likely N-dealkylation sites (tertiary alicyclic amines) is 1. The van der Waals surface area contributed by atoms with E-state index in [-0.39, 0.29) is 24.9 Å². The van der Waals surface area contributed by atoms with Crippen LogP contribution in [0, 0.1) is 5.92 Å². The quantitative estimate of drug-likeness (QED) is 0.843. The van der Waals surface area contributed by atoms with Crippen molar-refractivity contribution in [3.63, 3.8) is 0 Å². The number of carbonyl (C=O) groups excluding carboxylic acids is 2. The minimum atomic E-state index is -0.870. The third-order valence-corrected chi connectivity index (χ3v) is 2.97. The second-order valence-electron chi connectivity index (χ2n) is 4.50. The monoisotopic (exact) mass is 262 g/mol. The molecule has 2 rings (SSSR count). The van der Waals surface area contributed by atoms with Crippen molar-refractivity contribution in [3.05, 3.63) is 29.8 Å². The Morgan fingerprint density at radius 2 is 1.79 bits per heavy atom. The average molecular weight is 262 g/mol. The molecule has 6 nitrogen and oxygen atoms in total. The van der Waals surface area contributed by atoms with Crippen LogP contribution in [-0.2, 0) is 9.59 Å². The van der Waals surface area contributed by atoms with Gasteiger partial charge in [-0.25, -0.2) is 0 Å². The summed E-state index contributed by atoms with van der Waals surface area (Å²) in [6.45, 7) is 1.91. The largest absolute Gasteiger partial charge is 0.481 e. The summed E-state index contributed by atoms with van der Waals surface area (Å²) in [6, 6.07) is 6.51. The highest BCUT2D eigenvalue weighted by Gasteiger charge is 2.35. The fourth-order valence-electron chi connectivity index (χ4n) is 1.88. The average Bonchev–Trinajstić information content (AvgIpc) is 2.26. The van der Waals surface area contributed by atoms with E-state index in [0.29, 0.717) is 11.3 Å². The zero-order chi connectivity index (χ0) is 14.0. The van der Waals surface area contributed by atoms with Gasteiger partial charge in [0.25, 0.3) is 5.91 Å². The first kappa shape index (κ1) is 13.1. The molecule has 0 saturated carbocycles. The number of benzene rings is 1. The van der Waals surface area contributed by atoms with E-state index in [2.05, 4.69) is 5.32 Å². The molecule has 1 aliphatic heterocycles. The van der Waals surface area contributed by atoms with E-state index in [1.54, 1.807) is 24.3 Å². The molecule has 0 unspecified atom stereocenters. The van der Waals surface area contributed by atoms with Crippen LogP contribution >= 0.6 is 0 Å². The number of amides is 2. The first-order valence-corrected chi connectivity index (χ1v) is 5.87. The van der Waals surface area contributed by atoms with Crippen LogP contribution in [0.5, 0.6) is 0 Å². The molecular formula is C13H14N2O4. The van der Waals surface area contributed by atoms with E-state index in [4.69, 9.17) is 5.11 Å². The third kappa shape index (κ3) is 2.90. The van der Waals surface area contributed by atoms with E-state index >= 15 is 0 Å². The first-order chi connectivity index (χ1) is 8.97. The second-order valence-corrected chi connectivity index (χ2v) is 4.50. The predicted octanol–water partition coefficient (Wildman–Crippen LogP) is 0.802. The van der Waals surface area contributed by atoms with Gasteiger partial charge < -0.3 is 15.3 Å². The Labute approximate surface area is 110 Å². The van der Waals surface area contributed by atoms with Crippen LogP contribution in [0.4, 0.5) is 5.69 Å². The van der Waals surface area contributed by atoms with Crippen molar-refractivity contribution in [2.45, 2.75) is 6.92 Å². The van der Waals surface area contributed by atoms with Crippen LogP contribution in [-0.4, -0.2) is 40.9 Å². The first-order valence-electron chi connectivity index (χ1n) is 5.87. The summed E-state index contributed by atoms with van der Waals surface area (Å²) in [5, 5.41) is 11.4. The number of carbonyl (C=O) groups is 3. The topological polar surface area (TPSA) is 86.7 Å². The fourth-order valence-corrected chi connectivity index (χ4v) is 1.88. The number of nitrogens with zero attached hydrogens (tertiary/aromatic N) is 1. The smallest absolute Gasteiger partial charge is 0.310 e. The normalized spacial score (nSPS) is 14.7. The number of nitrogens with one attached hydrogen (secondary N) is 1. The number of hydrogen-bond donors (Lipinski definition) is 2.